The number of likely N-dealkylation sites (tertiary alicyclic amines) is 1. The molecule has 1 saturated heterocycles. The minimum atomic E-state index is 0.295. The SMILES string of the molecule is CC1CN(Cc2ccc(-c3ccccc3)o2)CC1N. The van der Waals surface area contributed by atoms with Crippen molar-refractivity contribution in [3.63, 3.8) is 0 Å². The first kappa shape index (κ1) is 12.5. The van der Waals surface area contributed by atoms with Crippen molar-refractivity contribution in [2.24, 2.45) is 11.7 Å². The van der Waals surface area contributed by atoms with Crippen LogP contribution in [0.3, 0.4) is 0 Å². The highest BCUT2D eigenvalue weighted by atomic mass is 16.3. The van der Waals surface area contributed by atoms with Gasteiger partial charge in [0.15, 0.2) is 0 Å². The first-order valence-corrected chi connectivity index (χ1v) is 6.84. The predicted octanol–water partition coefficient (Wildman–Crippen LogP) is 2.73. The Morgan fingerprint density at radius 2 is 1.95 bits per heavy atom. The highest BCUT2D eigenvalue weighted by Gasteiger charge is 2.26. The lowest BCUT2D eigenvalue weighted by molar-refractivity contribution is 0.289. The van der Waals surface area contributed by atoms with E-state index < -0.39 is 0 Å². The van der Waals surface area contributed by atoms with E-state index in [4.69, 9.17) is 10.2 Å². The molecule has 2 unspecified atom stereocenters. The molecular formula is C16H20N2O. The smallest absolute Gasteiger partial charge is 0.134 e. The van der Waals surface area contributed by atoms with E-state index >= 15 is 0 Å². The lowest BCUT2D eigenvalue weighted by atomic mass is 10.1. The van der Waals surface area contributed by atoms with Gasteiger partial charge in [-0.25, -0.2) is 0 Å². The lowest BCUT2D eigenvalue weighted by Gasteiger charge is -2.12. The van der Waals surface area contributed by atoms with Crippen LogP contribution in [0.15, 0.2) is 46.9 Å². The summed E-state index contributed by atoms with van der Waals surface area (Å²) < 4.78 is 5.92. The number of nitrogens with two attached hydrogens (primary N) is 1. The summed E-state index contributed by atoms with van der Waals surface area (Å²) in [5.74, 6) is 2.52. The van der Waals surface area contributed by atoms with Gasteiger partial charge in [0.1, 0.15) is 11.5 Å². The molecule has 1 aromatic carbocycles. The fourth-order valence-electron chi connectivity index (χ4n) is 2.67. The summed E-state index contributed by atoms with van der Waals surface area (Å²) in [6, 6.07) is 14.6. The second-order valence-electron chi connectivity index (χ2n) is 5.47. The maximum absolute atomic E-state index is 6.05. The van der Waals surface area contributed by atoms with E-state index in [2.05, 4.69) is 30.0 Å². The second kappa shape index (κ2) is 5.19. The normalized spacial score (nSPS) is 23.9. The summed E-state index contributed by atoms with van der Waals surface area (Å²) in [7, 11) is 0. The first-order chi connectivity index (χ1) is 9.22. The molecule has 1 aliphatic heterocycles. The van der Waals surface area contributed by atoms with Gasteiger partial charge in [-0.05, 0) is 18.1 Å². The molecule has 0 saturated carbocycles. The van der Waals surface area contributed by atoms with Crippen molar-refractivity contribution >= 4 is 0 Å². The zero-order valence-electron chi connectivity index (χ0n) is 11.3. The molecule has 2 aromatic rings. The average Bonchev–Trinajstić information content (AvgIpc) is 2.99. The summed E-state index contributed by atoms with van der Waals surface area (Å²) in [6.07, 6.45) is 0. The van der Waals surface area contributed by atoms with Crippen LogP contribution in [-0.4, -0.2) is 24.0 Å². The zero-order chi connectivity index (χ0) is 13.2. The van der Waals surface area contributed by atoms with Gasteiger partial charge in [0.05, 0.1) is 6.54 Å². The van der Waals surface area contributed by atoms with Gasteiger partial charge in [-0.2, -0.15) is 0 Å². The van der Waals surface area contributed by atoms with Crippen molar-refractivity contribution in [3.05, 3.63) is 48.2 Å². The Labute approximate surface area is 114 Å². The van der Waals surface area contributed by atoms with E-state index in [1.165, 1.54) is 0 Å². The van der Waals surface area contributed by atoms with Crippen molar-refractivity contribution in [3.8, 4) is 11.3 Å². The molecule has 2 atom stereocenters. The number of nitrogens with zero attached hydrogens (tertiary/aromatic N) is 1. The minimum absolute atomic E-state index is 0.295. The lowest BCUT2D eigenvalue weighted by Crippen LogP contribution is -2.28. The fourth-order valence-corrected chi connectivity index (χ4v) is 2.67. The number of hydrogen-bond donors (Lipinski definition) is 1. The third kappa shape index (κ3) is 2.72. The van der Waals surface area contributed by atoms with Crippen molar-refractivity contribution in [2.45, 2.75) is 19.5 Å². The van der Waals surface area contributed by atoms with Crippen LogP contribution in [0.2, 0.25) is 0 Å². The fraction of sp³-hybridized carbons (Fsp3) is 0.375. The van der Waals surface area contributed by atoms with Crippen LogP contribution < -0.4 is 5.73 Å². The minimum Gasteiger partial charge on any atom is -0.460 e. The Kier molecular flexibility index (Phi) is 3.40. The summed E-state index contributed by atoms with van der Waals surface area (Å²) in [5, 5.41) is 0. The molecule has 1 aromatic heterocycles. The Bertz CT molecular complexity index is 525. The maximum atomic E-state index is 6.05. The number of benzene rings is 1. The average molecular weight is 256 g/mol. The highest BCUT2D eigenvalue weighted by Crippen LogP contribution is 2.24. The Morgan fingerprint density at radius 3 is 2.63 bits per heavy atom. The molecule has 0 bridgehead atoms. The van der Waals surface area contributed by atoms with E-state index in [1.807, 2.05) is 24.3 Å². The van der Waals surface area contributed by atoms with Crippen LogP contribution in [0.5, 0.6) is 0 Å². The molecule has 3 rings (SSSR count). The van der Waals surface area contributed by atoms with Gasteiger partial charge in [-0.1, -0.05) is 37.3 Å². The maximum Gasteiger partial charge on any atom is 0.134 e. The van der Waals surface area contributed by atoms with E-state index in [0.717, 1.165) is 36.7 Å². The van der Waals surface area contributed by atoms with Gasteiger partial charge in [0, 0.05) is 24.7 Å². The molecule has 3 heteroatoms. The predicted molar refractivity (Wildman–Crippen MR) is 76.6 cm³/mol. The largest absolute Gasteiger partial charge is 0.460 e. The molecule has 0 aliphatic carbocycles. The Balaban J connectivity index is 1.69. The molecule has 3 nitrogen and oxygen atoms in total. The molecular weight excluding hydrogens is 236 g/mol. The van der Waals surface area contributed by atoms with Gasteiger partial charge in [0.25, 0.3) is 0 Å². The molecule has 0 radical (unpaired) electrons. The molecule has 1 aliphatic rings. The standard InChI is InChI=1S/C16H20N2O/c1-12-9-18(11-15(12)17)10-14-7-8-16(19-14)13-5-3-2-4-6-13/h2-8,12,15H,9-11,17H2,1H3. The summed E-state index contributed by atoms with van der Waals surface area (Å²) in [5.41, 5.74) is 7.17. The number of furan rings is 1. The molecule has 2 heterocycles. The van der Waals surface area contributed by atoms with E-state index in [-0.39, 0.29) is 0 Å². The van der Waals surface area contributed by atoms with Crippen LogP contribution in [0.4, 0.5) is 0 Å². The quantitative estimate of drug-likeness (QED) is 0.918. The summed E-state index contributed by atoms with van der Waals surface area (Å²) >= 11 is 0. The van der Waals surface area contributed by atoms with Crippen LogP contribution in [0, 0.1) is 5.92 Å². The van der Waals surface area contributed by atoms with Crippen molar-refractivity contribution in [2.75, 3.05) is 13.1 Å². The van der Waals surface area contributed by atoms with Crippen molar-refractivity contribution < 1.29 is 4.42 Å². The third-order valence-corrected chi connectivity index (χ3v) is 3.85. The summed E-state index contributed by atoms with van der Waals surface area (Å²) in [6.45, 7) is 5.08. The first-order valence-electron chi connectivity index (χ1n) is 6.84. The highest BCUT2D eigenvalue weighted by molar-refractivity contribution is 5.57. The van der Waals surface area contributed by atoms with Crippen LogP contribution >= 0.6 is 0 Å². The molecule has 2 N–H and O–H groups in total. The van der Waals surface area contributed by atoms with E-state index in [1.54, 1.807) is 0 Å². The van der Waals surface area contributed by atoms with Gasteiger partial charge in [-0.3, -0.25) is 4.90 Å². The Morgan fingerprint density at radius 1 is 1.16 bits per heavy atom. The Hall–Kier alpha value is -1.58. The molecule has 1 fully saturated rings. The topological polar surface area (TPSA) is 42.4 Å². The molecule has 19 heavy (non-hydrogen) atoms. The molecule has 100 valence electrons. The monoisotopic (exact) mass is 256 g/mol. The van der Waals surface area contributed by atoms with Gasteiger partial charge >= 0.3 is 0 Å². The third-order valence-electron chi connectivity index (χ3n) is 3.85. The second-order valence-corrected chi connectivity index (χ2v) is 5.47. The number of rotatable bonds is 3. The summed E-state index contributed by atoms with van der Waals surface area (Å²) in [4.78, 5) is 2.36. The molecule has 0 spiro atoms. The van der Waals surface area contributed by atoms with Crippen molar-refractivity contribution in [1.29, 1.82) is 0 Å². The van der Waals surface area contributed by atoms with Gasteiger partial charge in [-0.15, -0.1) is 0 Å². The van der Waals surface area contributed by atoms with Crippen molar-refractivity contribution in [1.82, 2.24) is 4.90 Å². The van der Waals surface area contributed by atoms with Gasteiger partial charge < -0.3 is 10.2 Å². The molecule has 0 amide bonds. The number of hydrogen-bond acceptors (Lipinski definition) is 3. The van der Waals surface area contributed by atoms with Crippen LogP contribution in [0.1, 0.15) is 12.7 Å². The van der Waals surface area contributed by atoms with E-state index in [9.17, 15) is 0 Å². The van der Waals surface area contributed by atoms with Crippen LogP contribution in [-0.2, 0) is 6.54 Å². The van der Waals surface area contributed by atoms with Gasteiger partial charge in [0.2, 0.25) is 0 Å². The van der Waals surface area contributed by atoms with Crippen LogP contribution in [0.25, 0.3) is 11.3 Å². The zero-order valence-corrected chi connectivity index (χ0v) is 11.3. The van der Waals surface area contributed by atoms with E-state index in [0.29, 0.717) is 12.0 Å².